The number of carbonyl (C=O) groups excluding carboxylic acids is 3. The monoisotopic (exact) mass is 699 g/mol. The summed E-state index contributed by atoms with van der Waals surface area (Å²) in [6, 6.07) is 28.3. The van der Waals surface area contributed by atoms with Crippen molar-refractivity contribution in [2.24, 2.45) is 0 Å². The Hall–Kier alpha value is -5.06. The molecule has 1 aliphatic carbocycles. The number of alkyl carbamates (subject to hydrolysis) is 1. The van der Waals surface area contributed by atoms with Gasteiger partial charge in [0.05, 0.1) is 30.1 Å². The number of rotatable bonds is 13. The van der Waals surface area contributed by atoms with E-state index in [-0.39, 0.29) is 37.7 Å². The first kappa shape index (κ1) is 36.2. The van der Waals surface area contributed by atoms with E-state index in [9.17, 15) is 19.5 Å². The lowest BCUT2D eigenvalue weighted by Gasteiger charge is -2.28. The number of anilines is 2. The fraction of sp³-hybridized carbons (Fsp3) is 0.308. The van der Waals surface area contributed by atoms with Crippen LogP contribution < -0.4 is 20.7 Å². The minimum Gasteiger partial charge on any atom is -0.496 e. The summed E-state index contributed by atoms with van der Waals surface area (Å²) in [5.74, 6) is 0.230. The summed E-state index contributed by atoms with van der Waals surface area (Å²) in [6.45, 7) is -0.0250. The zero-order valence-corrected chi connectivity index (χ0v) is 28.7. The Labute approximate surface area is 297 Å². The summed E-state index contributed by atoms with van der Waals surface area (Å²) >= 11 is 6.30. The van der Waals surface area contributed by atoms with Crippen LogP contribution in [0.3, 0.4) is 0 Å². The first-order valence-electron chi connectivity index (χ1n) is 16.7. The molecule has 0 unspecified atom stereocenters. The Bertz CT molecular complexity index is 1750. The Balaban J connectivity index is 1.13. The second-order valence-electron chi connectivity index (χ2n) is 12.2. The molecular formula is C39H42ClN3O7. The summed E-state index contributed by atoms with van der Waals surface area (Å²) < 4.78 is 16.4. The van der Waals surface area contributed by atoms with E-state index in [1.807, 2.05) is 78.9 Å². The van der Waals surface area contributed by atoms with E-state index >= 15 is 0 Å². The number of amides is 3. The number of aryl methyl sites for hydroxylation is 1. The van der Waals surface area contributed by atoms with Gasteiger partial charge in [0.25, 0.3) is 0 Å². The third-order valence-corrected chi connectivity index (χ3v) is 8.88. The molecular weight excluding hydrogens is 658 g/mol. The number of hydrogen-bond donors (Lipinski definition) is 4. The van der Waals surface area contributed by atoms with E-state index in [0.29, 0.717) is 66.2 Å². The molecule has 0 spiro atoms. The van der Waals surface area contributed by atoms with Crippen molar-refractivity contribution in [3.63, 3.8) is 0 Å². The summed E-state index contributed by atoms with van der Waals surface area (Å²) in [5.41, 5.74) is 5.22. The summed E-state index contributed by atoms with van der Waals surface area (Å²) in [7, 11) is 1.48. The number of nitrogens with one attached hydrogen (secondary N) is 3. The molecule has 4 aromatic rings. The predicted octanol–water partition coefficient (Wildman–Crippen LogP) is 8.26. The van der Waals surface area contributed by atoms with Gasteiger partial charge in [-0.1, -0.05) is 84.4 Å². The van der Waals surface area contributed by atoms with Crippen LogP contribution in [0.4, 0.5) is 21.0 Å². The summed E-state index contributed by atoms with van der Waals surface area (Å²) in [4.78, 5) is 38.2. The van der Waals surface area contributed by atoms with Crippen LogP contribution in [-0.4, -0.2) is 42.5 Å². The number of carbonyl (C=O) groups is 3. The number of methoxy groups -OCH3 is 1. The van der Waals surface area contributed by atoms with Crippen molar-refractivity contribution in [2.75, 3.05) is 17.7 Å². The van der Waals surface area contributed by atoms with Crippen LogP contribution >= 0.6 is 11.6 Å². The molecule has 4 aromatic carbocycles. The molecule has 1 fully saturated rings. The average molecular weight is 700 g/mol. The highest BCUT2D eigenvalue weighted by molar-refractivity contribution is 6.33. The molecule has 0 aliphatic heterocycles. The molecule has 1 saturated carbocycles. The molecule has 5 rings (SSSR count). The third kappa shape index (κ3) is 10.5. The van der Waals surface area contributed by atoms with Crippen molar-refractivity contribution in [2.45, 2.75) is 70.3 Å². The molecule has 0 atom stereocenters. The topological polar surface area (TPSA) is 135 Å². The maximum Gasteiger partial charge on any atom is 0.411 e. The van der Waals surface area contributed by atoms with Gasteiger partial charge in [0.2, 0.25) is 5.91 Å². The Kier molecular flexibility index (Phi) is 13.1. The summed E-state index contributed by atoms with van der Waals surface area (Å²) in [5, 5.41) is 18.5. The van der Waals surface area contributed by atoms with Crippen molar-refractivity contribution >= 4 is 41.1 Å². The third-order valence-electron chi connectivity index (χ3n) is 8.57. The lowest BCUT2D eigenvalue weighted by atomic mass is 9.93. The zero-order valence-electron chi connectivity index (χ0n) is 28.0. The maximum absolute atomic E-state index is 13.1. The largest absolute Gasteiger partial charge is 0.496 e. The molecule has 4 N–H and O–H groups in total. The van der Waals surface area contributed by atoms with Gasteiger partial charge in [0.1, 0.15) is 18.5 Å². The average Bonchev–Trinajstić information content (AvgIpc) is 3.13. The Morgan fingerprint density at radius 1 is 0.820 bits per heavy atom. The van der Waals surface area contributed by atoms with Crippen LogP contribution in [0.1, 0.15) is 55.2 Å². The van der Waals surface area contributed by atoms with Gasteiger partial charge >= 0.3 is 12.2 Å². The highest BCUT2D eigenvalue weighted by Gasteiger charge is 2.26. The van der Waals surface area contributed by atoms with Crippen molar-refractivity contribution in [1.82, 2.24) is 5.32 Å². The van der Waals surface area contributed by atoms with Gasteiger partial charge in [-0.3, -0.25) is 10.1 Å². The number of aliphatic hydroxyl groups is 1. The molecule has 1 aliphatic rings. The van der Waals surface area contributed by atoms with Crippen LogP contribution in [0.25, 0.3) is 11.1 Å². The lowest BCUT2D eigenvalue weighted by Crippen LogP contribution is -2.40. The molecule has 50 heavy (non-hydrogen) atoms. The molecule has 0 aromatic heterocycles. The summed E-state index contributed by atoms with van der Waals surface area (Å²) in [6.07, 6.45) is 2.70. The lowest BCUT2D eigenvalue weighted by molar-refractivity contribution is -0.116. The van der Waals surface area contributed by atoms with Crippen LogP contribution in [-0.2, 0) is 33.9 Å². The SMILES string of the molecule is COc1cc(NC(=O)CCCc2ccc(-c3ccccc3)c(NC(=O)OC3CCC(NC(=O)OCc4ccccc4)CC3)c2)c(Cl)cc1CO. The number of benzene rings is 4. The van der Waals surface area contributed by atoms with E-state index in [0.717, 1.165) is 22.3 Å². The highest BCUT2D eigenvalue weighted by Crippen LogP contribution is 2.32. The van der Waals surface area contributed by atoms with Crippen molar-refractivity contribution in [3.8, 4) is 16.9 Å². The van der Waals surface area contributed by atoms with Crippen molar-refractivity contribution < 1.29 is 33.7 Å². The molecule has 0 bridgehead atoms. The predicted molar refractivity (Wildman–Crippen MR) is 193 cm³/mol. The highest BCUT2D eigenvalue weighted by atomic mass is 35.5. The van der Waals surface area contributed by atoms with Crippen LogP contribution in [0.5, 0.6) is 5.75 Å². The van der Waals surface area contributed by atoms with Gasteiger partial charge in [0.15, 0.2) is 0 Å². The minimum absolute atomic E-state index is 0.0451. The molecule has 10 nitrogen and oxygen atoms in total. The van der Waals surface area contributed by atoms with Gasteiger partial charge in [-0.25, -0.2) is 9.59 Å². The maximum atomic E-state index is 13.1. The van der Waals surface area contributed by atoms with Gasteiger partial charge in [-0.05, 0) is 67.3 Å². The standard InChI is InChI=1S/C39H42ClN3O7/c1-48-36-23-35(33(40)22-29(36)24-44)42-37(45)14-8-11-26-15-20-32(28-12-6-3-7-13-28)34(21-26)43-39(47)50-31-18-16-30(17-19-31)41-38(46)49-25-27-9-4-2-5-10-27/h2-7,9-10,12-13,15,20-23,30-31,44H,8,11,14,16-19,24-25H2,1H3,(H,41,46)(H,42,45)(H,43,47). The first-order valence-corrected chi connectivity index (χ1v) is 17.1. The number of aliphatic hydroxyl groups excluding tert-OH is 1. The molecule has 0 saturated heterocycles. The quantitative estimate of drug-likeness (QED) is 0.110. The van der Waals surface area contributed by atoms with E-state index in [1.54, 1.807) is 12.1 Å². The second kappa shape index (κ2) is 18.1. The molecule has 3 amide bonds. The normalized spacial score (nSPS) is 15.4. The molecule has 0 heterocycles. The van der Waals surface area contributed by atoms with Crippen molar-refractivity contribution in [3.05, 3.63) is 113 Å². The molecule has 11 heteroatoms. The fourth-order valence-corrected chi connectivity index (χ4v) is 6.17. The van der Waals surface area contributed by atoms with Crippen molar-refractivity contribution in [1.29, 1.82) is 0 Å². The van der Waals surface area contributed by atoms with E-state index in [2.05, 4.69) is 16.0 Å². The fourth-order valence-electron chi connectivity index (χ4n) is 5.94. The number of ether oxygens (including phenoxy) is 3. The van der Waals surface area contributed by atoms with Gasteiger partial charge in [0, 0.05) is 29.7 Å². The van der Waals surface area contributed by atoms with E-state index in [4.69, 9.17) is 25.8 Å². The minimum atomic E-state index is -0.545. The van der Waals surface area contributed by atoms with Crippen LogP contribution in [0, 0.1) is 0 Å². The Morgan fingerprint density at radius 2 is 1.54 bits per heavy atom. The number of hydrogen-bond acceptors (Lipinski definition) is 7. The van der Waals surface area contributed by atoms with Gasteiger partial charge < -0.3 is 30.0 Å². The molecule has 262 valence electrons. The second-order valence-corrected chi connectivity index (χ2v) is 12.6. The van der Waals surface area contributed by atoms with Crippen LogP contribution in [0.2, 0.25) is 5.02 Å². The number of halogens is 1. The Morgan fingerprint density at radius 3 is 2.24 bits per heavy atom. The molecule has 0 radical (unpaired) electrons. The van der Waals surface area contributed by atoms with Gasteiger partial charge in [-0.15, -0.1) is 0 Å². The zero-order chi connectivity index (χ0) is 35.3. The van der Waals surface area contributed by atoms with Crippen LogP contribution in [0.15, 0.2) is 91.0 Å². The smallest absolute Gasteiger partial charge is 0.411 e. The van der Waals surface area contributed by atoms with E-state index < -0.39 is 12.2 Å². The van der Waals surface area contributed by atoms with Gasteiger partial charge in [-0.2, -0.15) is 0 Å². The van der Waals surface area contributed by atoms with E-state index in [1.165, 1.54) is 7.11 Å². The first-order chi connectivity index (χ1) is 24.3.